The van der Waals surface area contributed by atoms with Gasteiger partial charge < -0.3 is 15.6 Å². The molecule has 3 rings (SSSR count). The first-order valence-corrected chi connectivity index (χ1v) is 6.28. The van der Waals surface area contributed by atoms with E-state index in [-0.39, 0.29) is 5.91 Å². The third-order valence-corrected chi connectivity index (χ3v) is 3.69. The Morgan fingerprint density at radius 2 is 2.16 bits per heavy atom. The Kier molecular flexibility index (Phi) is 2.55. The van der Waals surface area contributed by atoms with Crippen LogP contribution in [0.2, 0.25) is 0 Å². The minimum Gasteiger partial charge on any atom is -0.369 e. The Morgan fingerprint density at radius 1 is 1.37 bits per heavy atom. The van der Waals surface area contributed by atoms with Crippen molar-refractivity contribution in [1.29, 1.82) is 0 Å². The van der Waals surface area contributed by atoms with Crippen molar-refractivity contribution in [2.24, 2.45) is 7.05 Å². The highest BCUT2D eigenvalue weighted by Crippen LogP contribution is 2.30. The zero-order valence-electron chi connectivity index (χ0n) is 11.0. The van der Waals surface area contributed by atoms with Gasteiger partial charge >= 0.3 is 0 Å². The van der Waals surface area contributed by atoms with E-state index in [1.807, 2.05) is 30.7 Å². The number of aryl methyl sites for hydroxylation is 1. The molecule has 19 heavy (non-hydrogen) atoms. The molecule has 0 atom stereocenters. The summed E-state index contributed by atoms with van der Waals surface area (Å²) in [6, 6.07) is 5.99. The van der Waals surface area contributed by atoms with Gasteiger partial charge in [-0.1, -0.05) is 6.07 Å². The largest absolute Gasteiger partial charge is 0.369 e. The first kappa shape index (κ1) is 11.8. The van der Waals surface area contributed by atoms with Crippen molar-refractivity contribution in [3.8, 4) is 11.3 Å². The number of anilines is 2. The zero-order valence-corrected chi connectivity index (χ0v) is 11.0. The first-order valence-electron chi connectivity index (χ1n) is 6.28. The molecule has 1 aliphatic rings. The Bertz CT molecular complexity index is 672. The number of imidazole rings is 1. The van der Waals surface area contributed by atoms with Gasteiger partial charge in [0.05, 0.1) is 5.69 Å². The van der Waals surface area contributed by atoms with E-state index < -0.39 is 0 Å². The maximum Gasteiger partial charge on any atom is 0.224 e. The lowest BCUT2D eigenvalue weighted by atomic mass is 9.99. The highest BCUT2D eigenvalue weighted by Gasteiger charge is 2.17. The molecule has 0 aliphatic carbocycles. The van der Waals surface area contributed by atoms with Crippen LogP contribution in [0.5, 0.6) is 0 Å². The van der Waals surface area contributed by atoms with Crippen molar-refractivity contribution in [2.45, 2.75) is 19.8 Å². The van der Waals surface area contributed by atoms with E-state index >= 15 is 0 Å². The predicted octanol–water partition coefficient (Wildman–Crippen LogP) is 1.86. The number of hydrogen-bond acceptors (Lipinski definition) is 3. The van der Waals surface area contributed by atoms with E-state index in [9.17, 15) is 4.79 Å². The fraction of sp³-hybridized carbons (Fsp3) is 0.286. The normalized spacial score (nSPS) is 14.1. The number of nitrogens with zero attached hydrogens (tertiary/aromatic N) is 2. The molecular weight excluding hydrogens is 240 g/mol. The third-order valence-electron chi connectivity index (χ3n) is 3.69. The molecule has 1 aliphatic heterocycles. The smallest absolute Gasteiger partial charge is 0.224 e. The van der Waals surface area contributed by atoms with E-state index in [2.05, 4.69) is 16.4 Å². The third kappa shape index (κ3) is 1.87. The van der Waals surface area contributed by atoms with Crippen LogP contribution in [0.25, 0.3) is 11.3 Å². The van der Waals surface area contributed by atoms with Crippen LogP contribution in [0.4, 0.5) is 11.6 Å². The number of nitrogens with two attached hydrogens (primary N) is 1. The number of hydrogen-bond donors (Lipinski definition) is 2. The van der Waals surface area contributed by atoms with Crippen LogP contribution in [0.3, 0.4) is 0 Å². The maximum atomic E-state index is 11.3. The van der Waals surface area contributed by atoms with E-state index in [0.29, 0.717) is 12.4 Å². The number of rotatable bonds is 1. The maximum absolute atomic E-state index is 11.3. The van der Waals surface area contributed by atoms with Crippen molar-refractivity contribution in [3.05, 3.63) is 29.5 Å². The molecule has 0 spiro atoms. The molecule has 1 aromatic heterocycles. The van der Waals surface area contributed by atoms with Gasteiger partial charge in [0.2, 0.25) is 11.9 Å². The number of nitrogens with one attached hydrogen (secondary N) is 1. The van der Waals surface area contributed by atoms with Crippen molar-refractivity contribution in [1.82, 2.24) is 9.55 Å². The van der Waals surface area contributed by atoms with Crippen LogP contribution in [-0.2, 0) is 18.3 Å². The number of nitrogen functional groups attached to an aromatic ring is 1. The zero-order chi connectivity index (χ0) is 13.6. The molecule has 0 fully saturated rings. The van der Waals surface area contributed by atoms with Crippen molar-refractivity contribution < 1.29 is 4.79 Å². The molecule has 2 aromatic rings. The molecule has 2 heterocycles. The van der Waals surface area contributed by atoms with Crippen LogP contribution in [0.1, 0.15) is 17.7 Å². The summed E-state index contributed by atoms with van der Waals surface area (Å²) in [6.45, 7) is 2.00. The Hall–Kier alpha value is -2.30. The van der Waals surface area contributed by atoms with Gasteiger partial charge in [-0.3, -0.25) is 4.79 Å². The summed E-state index contributed by atoms with van der Waals surface area (Å²) >= 11 is 0. The first-order chi connectivity index (χ1) is 9.06. The number of aromatic nitrogens is 2. The topological polar surface area (TPSA) is 72.9 Å². The molecule has 0 saturated heterocycles. The van der Waals surface area contributed by atoms with Gasteiger partial charge in [-0.25, -0.2) is 4.98 Å². The van der Waals surface area contributed by atoms with Crippen molar-refractivity contribution in [3.63, 3.8) is 0 Å². The lowest BCUT2D eigenvalue weighted by Gasteiger charge is -2.17. The van der Waals surface area contributed by atoms with Crippen LogP contribution in [0, 0.1) is 6.92 Å². The Balaban J connectivity index is 2.07. The highest BCUT2D eigenvalue weighted by atomic mass is 16.1. The lowest BCUT2D eigenvalue weighted by molar-refractivity contribution is -0.116. The van der Waals surface area contributed by atoms with E-state index in [1.165, 1.54) is 0 Å². The lowest BCUT2D eigenvalue weighted by Crippen LogP contribution is -2.18. The molecule has 5 nitrogen and oxygen atoms in total. The standard InChI is InChI=1S/C14H16N4O/c1-8-13(17-14(15)18(8)2)10-3-5-11-9(7-10)4-6-12(19)16-11/h3,5,7H,4,6H2,1-2H3,(H2,15,17)(H,16,19). The van der Waals surface area contributed by atoms with Gasteiger partial charge in [0.1, 0.15) is 0 Å². The van der Waals surface area contributed by atoms with Gasteiger partial charge in [0, 0.05) is 30.4 Å². The summed E-state index contributed by atoms with van der Waals surface area (Å²) in [4.78, 5) is 15.7. The van der Waals surface area contributed by atoms with Crippen LogP contribution < -0.4 is 11.1 Å². The van der Waals surface area contributed by atoms with E-state index in [0.717, 1.165) is 34.6 Å². The summed E-state index contributed by atoms with van der Waals surface area (Å²) in [7, 11) is 1.90. The van der Waals surface area contributed by atoms with E-state index in [4.69, 9.17) is 5.73 Å². The fourth-order valence-corrected chi connectivity index (χ4v) is 2.41. The number of carbonyl (C=O) groups is 1. The summed E-state index contributed by atoms with van der Waals surface area (Å²) in [6.07, 6.45) is 1.32. The van der Waals surface area contributed by atoms with Gasteiger partial charge in [0.25, 0.3) is 0 Å². The van der Waals surface area contributed by atoms with Crippen LogP contribution in [-0.4, -0.2) is 15.5 Å². The SMILES string of the molecule is Cc1c(-c2ccc3c(c2)CCC(=O)N3)nc(N)n1C. The minimum absolute atomic E-state index is 0.0820. The Labute approximate surface area is 111 Å². The molecular formula is C14H16N4O. The fourth-order valence-electron chi connectivity index (χ4n) is 2.41. The molecule has 1 aromatic carbocycles. The quantitative estimate of drug-likeness (QED) is 0.818. The molecule has 0 radical (unpaired) electrons. The molecule has 5 heteroatoms. The second-order valence-corrected chi connectivity index (χ2v) is 4.88. The minimum atomic E-state index is 0.0820. The van der Waals surface area contributed by atoms with Gasteiger partial charge in [0.15, 0.2) is 0 Å². The van der Waals surface area contributed by atoms with Gasteiger partial charge in [-0.2, -0.15) is 0 Å². The summed E-state index contributed by atoms with van der Waals surface area (Å²) < 4.78 is 1.87. The summed E-state index contributed by atoms with van der Waals surface area (Å²) in [5.74, 6) is 0.594. The Morgan fingerprint density at radius 3 is 2.84 bits per heavy atom. The number of carbonyl (C=O) groups excluding carboxylic acids is 1. The molecule has 0 unspecified atom stereocenters. The molecule has 1 amide bonds. The van der Waals surface area contributed by atoms with Gasteiger partial charge in [-0.05, 0) is 31.0 Å². The monoisotopic (exact) mass is 256 g/mol. The second kappa shape index (κ2) is 4.12. The average molecular weight is 256 g/mol. The van der Waals surface area contributed by atoms with Crippen molar-refractivity contribution in [2.75, 3.05) is 11.1 Å². The summed E-state index contributed by atoms with van der Waals surface area (Å²) in [5, 5.41) is 2.88. The number of benzene rings is 1. The molecule has 0 saturated carbocycles. The van der Waals surface area contributed by atoms with Gasteiger partial charge in [-0.15, -0.1) is 0 Å². The summed E-state index contributed by atoms with van der Waals surface area (Å²) in [5.41, 5.74) is 10.9. The molecule has 3 N–H and O–H groups in total. The predicted molar refractivity (Wildman–Crippen MR) is 74.7 cm³/mol. The number of amides is 1. The van der Waals surface area contributed by atoms with Crippen LogP contribution in [0.15, 0.2) is 18.2 Å². The molecule has 98 valence electrons. The molecule has 0 bridgehead atoms. The van der Waals surface area contributed by atoms with Crippen molar-refractivity contribution >= 4 is 17.5 Å². The second-order valence-electron chi connectivity index (χ2n) is 4.88. The highest BCUT2D eigenvalue weighted by molar-refractivity contribution is 5.94. The average Bonchev–Trinajstić information content (AvgIpc) is 2.66. The number of fused-ring (bicyclic) bond motifs is 1. The van der Waals surface area contributed by atoms with E-state index in [1.54, 1.807) is 0 Å². The van der Waals surface area contributed by atoms with Crippen LogP contribution >= 0.6 is 0 Å².